The summed E-state index contributed by atoms with van der Waals surface area (Å²) in [4.78, 5) is 9.50. The van der Waals surface area contributed by atoms with Crippen LogP contribution in [-0.2, 0) is 0 Å². The molecule has 1 N–H and O–H groups in total. The van der Waals surface area contributed by atoms with Crippen molar-refractivity contribution >= 4 is 5.96 Å². The van der Waals surface area contributed by atoms with Crippen molar-refractivity contribution in [1.29, 1.82) is 0 Å². The van der Waals surface area contributed by atoms with E-state index >= 15 is 0 Å². The summed E-state index contributed by atoms with van der Waals surface area (Å²) in [5, 5.41) is 3.57. The van der Waals surface area contributed by atoms with E-state index in [1.165, 1.54) is 51.7 Å². The Bertz CT molecular complexity index is 547. The van der Waals surface area contributed by atoms with E-state index in [0.717, 1.165) is 44.2 Å². The molecule has 0 unspecified atom stereocenters. The topological polar surface area (TPSA) is 40.1 Å². The van der Waals surface area contributed by atoms with Crippen LogP contribution >= 0.6 is 0 Å². The van der Waals surface area contributed by atoms with Crippen molar-refractivity contribution in [3.8, 4) is 5.75 Å². The highest BCUT2D eigenvalue weighted by Gasteiger charge is 2.22. The van der Waals surface area contributed by atoms with Crippen LogP contribution in [0.3, 0.4) is 0 Å². The Labute approximate surface area is 164 Å². The predicted octanol–water partition coefficient (Wildman–Crippen LogP) is 3.37. The van der Waals surface area contributed by atoms with Gasteiger partial charge in [-0.3, -0.25) is 4.99 Å². The summed E-state index contributed by atoms with van der Waals surface area (Å²) in [6.45, 7) is 6.78. The molecule has 3 rings (SSSR count). The number of guanidine groups is 1. The first-order valence-corrected chi connectivity index (χ1v) is 10.7. The molecule has 0 amide bonds. The molecule has 0 bridgehead atoms. The molecule has 2 aliphatic rings. The summed E-state index contributed by atoms with van der Waals surface area (Å²) in [5.74, 6) is 2.02. The number of nitrogens with one attached hydrogen (secondary N) is 1. The van der Waals surface area contributed by atoms with E-state index < -0.39 is 0 Å². The lowest BCUT2D eigenvalue weighted by molar-refractivity contribution is 0.129. The van der Waals surface area contributed by atoms with Crippen molar-refractivity contribution in [2.75, 3.05) is 46.3 Å². The number of likely N-dealkylation sites (tertiary alicyclic amines) is 2. The number of para-hydroxylation sites is 1. The molecule has 2 fully saturated rings. The van der Waals surface area contributed by atoms with Crippen LogP contribution < -0.4 is 10.1 Å². The summed E-state index contributed by atoms with van der Waals surface area (Å²) >= 11 is 0. The van der Waals surface area contributed by atoms with Gasteiger partial charge in [0.2, 0.25) is 0 Å². The Morgan fingerprint density at radius 2 is 1.74 bits per heavy atom. The van der Waals surface area contributed by atoms with Gasteiger partial charge in [-0.1, -0.05) is 31.0 Å². The van der Waals surface area contributed by atoms with Crippen molar-refractivity contribution in [1.82, 2.24) is 15.1 Å². The third-order valence-corrected chi connectivity index (χ3v) is 5.63. The number of aliphatic imine (C=N–C) groups is 1. The minimum atomic E-state index is 0.310. The van der Waals surface area contributed by atoms with Crippen molar-refractivity contribution in [2.45, 2.75) is 51.0 Å². The van der Waals surface area contributed by atoms with Crippen molar-refractivity contribution < 1.29 is 4.74 Å². The fraction of sp³-hybridized carbons (Fsp3) is 0.682. The van der Waals surface area contributed by atoms with Gasteiger partial charge < -0.3 is 19.9 Å². The van der Waals surface area contributed by atoms with Gasteiger partial charge in [0.1, 0.15) is 11.9 Å². The standard InChI is InChI=1S/C22H36N4O/c1-23-22(24-14-9-17-25-15-7-2-3-8-16-25)26-18-12-21(13-19-26)27-20-10-5-4-6-11-20/h4-6,10-11,21H,2-3,7-9,12-19H2,1H3,(H,23,24). The summed E-state index contributed by atoms with van der Waals surface area (Å²) in [6, 6.07) is 10.2. The van der Waals surface area contributed by atoms with Gasteiger partial charge >= 0.3 is 0 Å². The van der Waals surface area contributed by atoms with Crippen LogP contribution in [0.4, 0.5) is 0 Å². The molecule has 0 spiro atoms. The van der Waals surface area contributed by atoms with Gasteiger partial charge in [-0.2, -0.15) is 0 Å². The average Bonchev–Trinajstić information content (AvgIpc) is 2.99. The van der Waals surface area contributed by atoms with E-state index in [4.69, 9.17) is 4.74 Å². The minimum absolute atomic E-state index is 0.310. The van der Waals surface area contributed by atoms with E-state index in [-0.39, 0.29) is 0 Å². The number of nitrogens with zero attached hydrogens (tertiary/aromatic N) is 3. The normalized spacial score (nSPS) is 20.3. The van der Waals surface area contributed by atoms with Crippen LogP contribution in [0.25, 0.3) is 0 Å². The molecule has 150 valence electrons. The second kappa shape index (κ2) is 11.2. The van der Waals surface area contributed by atoms with E-state index in [2.05, 4.69) is 20.1 Å². The Balaban J connectivity index is 1.33. The van der Waals surface area contributed by atoms with Crippen molar-refractivity contribution in [3.05, 3.63) is 30.3 Å². The predicted molar refractivity (Wildman–Crippen MR) is 113 cm³/mol. The molecule has 1 aromatic rings. The van der Waals surface area contributed by atoms with Crippen LogP contribution in [0.1, 0.15) is 44.9 Å². The van der Waals surface area contributed by atoms with E-state index in [1.807, 2.05) is 37.4 Å². The number of piperidine rings is 1. The molecule has 5 heteroatoms. The first-order valence-electron chi connectivity index (χ1n) is 10.7. The maximum Gasteiger partial charge on any atom is 0.193 e. The molecule has 0 saturated carbocycles. The van der Waals surface area contributed by atoms with Gasteiger partial charge in [-0.15, -0.1) is 0 Å². The Hall–Kier alpha value is -1.75. The lowest BCUT2D eigenvalue weighted by Crippen LogP contribution is -2.48. The number of benzene rings is 1. The second-order valence-electron chi connectivity index (χ2n) is 7.70. The van der Waals surface area contributed by atoms with Gasteiger partial charge in [0.05, 0.1) is 0 Å². The second-order valence-corrected chi connectivity index (χ2v) is 7.70. The van der Waals surface area contributed by atoms with Gasteiger partial charge in [-0.05, 0) is 51.0 Å². The van der Waals surface area contributed by atoms with Crippen LogP contribution in [0.15, 0.2) is 35.3 Å². The lowest BCUT2D eigenvalue weighted by atomic mass is 10.1. The van der Waals surface area contributed by atoms with Crippen LogP contribution in [0.2, 0.25) is 0 Å². The summed E-state index contributed by atoms with van der Waals surface area (Å²) in [6.07, 6.45) is 9.14. The first-order chi connectivity index (χ1) is 13.3. The molecule has 2 saturated heterocycles. The van der Waals surface area contributed by atoms with Gasteiger partial charge in [0.15, 0.2) is 5.96 Å². The molecule has 5 nitrogen and oxygen atoms in total. The van der Waals surface area contributed by atoms with Gasteiger partial charge in [0.25, 0.3) is 0 Å². The molecule has 2 heterocycles. The lowest BCUT2D eigenvalue weighted by Gasteiger charge is -2.34. The molecule has 0 atom stereocenters. The minimum Gasteiger partial charge on any atom is -0.490 e. The van der Waals surface area contributed by atoms with Gasteiger partial charge in [0, 0.05) is 39.5 Å². The molecular weight excluding hydrogens is 336 g/mol. The highest BCUT2D eigenvalue weighted by atomic mass is 16.5. The monoisotopic (exact) mass is 372 g/mol. The quantitative estimate of drug-likeness (QED) is 0.472. The number of rotatable bonds is 6. The summed E-state index contributed by atoms with van der Waals surface area (Å²) in [7, 11) is 1.89. The zero-order valence-electron chi connectivity index (χ0n) is 16.9. The highest BCUT2D eigenvalue weighted by Crippen LogP contribution is 2.18. The first kappa shape index (κ1) is 20.0. The molecular formula is C22H36N4O. The molecule has 0 aliphatic carbocycles. The molecule has 27 heavy (non-hydrogen) atoms. The average molecular weight is 373 g/mol. The van der Waals surface area contributed by atoms with Gasteiger partial charge in [-0.25, -0.2) is 0 Å². The van der Waals surface area contributed by atoms with Crippen LogP contribution in [0, 0.1) is 0 Å². The molecule has 0 radical (unpaired) electrons. The largest absolute Gasteiger partial charge is 0.490 e. The molecule has 0 aromatic heterocycles. The smallest absolute Gasteiger partial charge is 0.193 e. The van der Waals surface area contributed by atoms with Crippen LogP contribution in [-0.4, -0.2) is 68.2 Å². The Kier molecular flexibility index (Phi) is 8.28. The number of ether oxygens (including phenoxy) is 1. The molecule has 2 aliphatic heterocycles. The third-order valence-electron chi connectivity index (χ3n) is 5.63. The summed E-state index contributed by atoms with van der Waals surface area (Å²) in [5.41, 5.74) is 0. The zero-order chi connectivity index (χ0) is 18.7. The van der Waals surface area contributed by atoms with E-state index in [1.54, 1.807) is 0 Å². The maximum atomic E-state index is 6.10. The molecule has 1 aromatic carbocycles. The van der Waals surface area contributed by atoms with E-state index in [9.17, 15) is 0 Å². The fourth-order valence-electron chi connectivity index (χ4n) is 4.07. The summed E-state index contributed by atoms with van der Waals surface area (Å²) < 4.78 is 6.10. The fourth-order valence-corrected chi connectivity index (χ4v) is 4.07. The van der Waals surface area contributed by atoms with Crippen molar-refractivity contribution in [3.63, 3.8) is 0 Å². The Morgan fingerprint density at radius 1 is 1.04 bits per heavy atom. The van der Waals surface area contributed by atoms with Crippen LogP contribution in [0.5, 0.6) is 5.75 Å². The Morgan fingerprint density at radius 3 is 2.41 bits per heavy atom. The highest BCUT2D eigenvalue weighted by molar-refractivity contribution is 5.79. The SMILES string of the molecule is CN=C(NCCCN1CCCCCC1)N1CCC(Oc2ccccc2)CC1. The third kappa shape index (κ3) is 6.73. The number of hydrogen-bond acceptors (Lipinski definition) is 3. The van der Waals surface area contributed by atoms with Crippen molar-refractivity contribution in [2.24, 2.45) is 4.99 Å². The zero-order valence-corrected chi connectivity index (χ0v) is 16.9. The maximum absolute atomic E-state index is 6.10. The van der Waals surface area contributed by atoms with E-state index in [0.29, 0.717) is 6.10 Å². The number of hydrogen-bond donors (Lipinski definition) is 1.